The van der Waals surface area contributed by atoms with Gasteiger partial charge in [-0.2, -0.15) is 5.26 Å². The summed E-state index contributed by atoms with van der Waals surface area (Å²) in [6.07, 6.45) is 0.525. The van der Waals surface area contributed by atoms with Gasteiger partial charge < -0.3 is 5.11 Å². The number of aryl methyl sites for hydroxylation is 1. The van der Waals surface area contributed by atoms with Crippen molar-refractivity contribution in [3.63, 3.8) is 0 Å². The fraction of sp³-hybridized carbons (Fsp3) is 0.364. The highest BCUT2D eigenvalue weighted by atomic mass is 32.2. The summed E-state index contributed by atoms with van der Waals surface area (Å²) in [5.41, 5.74) is 1.23. The minimum Gasteiger partial charge on any atom is -0.480 e. The number of nitriles is 1. The predicted molar refractivity (Wildman–Crippen MR) is 61.3 cm³/mol. The smallest absolute Gasteiger partial charge is 0.317 e. The first-order valence-corrected chi connectivity index (χ1v) is 5.73. The Kier molecular flexibility index (Phi) is 4.32. The first-order chi connectivity index (χ1) is 7.56. The van der Waals surface area contributed by atoms with Gasteiger partial charge in [0.1, 0.15) is 5.25 Å². The maximum absolute atomic E-state index is 10.9. The Morgan fingerprint density at radius 3 is 2.88 bits per heavy atom. The van der Waals surface area contributed by atoms with Crippen molar-refractivity contribution in [2.75, 3.05) is 0 Å². The van der Waals surface area contributed by atoms with Gasteiger partial charge in [0.05, 0.1) is 16.7 Å². The molecular weight excluding hydrogens is 224 g/mol. The molecule has 0 saturated carbocycles. The lowest BCUT2D eigenvalue weighted by Crippen LogP contribution is -2.15. The zero-order chi connectivity index (χ0) is 12.1. The van der Waals surface area contributed by atoms with Gasteiger partial charge in [-0.05, 0) is 25.5 Å². The predicted octanol–water partition coefficient (Wildman–Crippen LogP) is 2.22. The van der Waals surface area contributed by atoms with Gasteiger partial charge in [-0.1, -0.05) is 18.7 Å². The minimum atomic E-state index is -0.852. The largest absolute Gasteiger partial charge is 0.480 e. The molecule has 1 aromatic heterocycles. The van der Waals surface area contributed by atoms with Crippen LogP contribution in [0, 0.1) is 18.3 Å². The Balaban J connectivity index is 2.93. The summed E-state index contributed by atoms with van der Waals surface area (Å²) < 4.78 is 0. The van der Waals surface area contributed by atoms with Crippen LogP contribution in [0.2, 0.25) is 0 Å². The zero-order valence-corrected chi connectivity index (χ0v) is 9.91. The SMILES string of the molecule is CCC(Sc1cc(C#N)cc(C)n1)C(=O)O. The Labute approximate surface area is 98.3 Å². The molecule has 84 valence electrons. The molecular formula is C11H12N2O2S. The average molecular weight is 236 g/mol. The maximum atomic E-state index is 10.9. The molecule has 0 aliphatic rings. The number of aliphatic carboxylic acids is 1. The van der Waals surface area contributed by atoms with Crippen molar-refractivity contribution in [2.24, 2.45) is 0 Å². The summed E-state index contributed by atoms with van der Waals surface area (Å²) in [5.74, 6) is -0.852. The van der Waals surface area contributed by atoms with E-state index in [1.165, 1.54) is 11.8 Å². The number of thioether (sulfide) groups is 1. The third-order valence-corrected chi connectivity index (χ3v) is 3.24. The molecule has 0 aromatic carbocycles. The number of rotatable bonds is 4. The van der Waals surface area contributed by atoms with Gasteiger partial charge in [-0.3, -0.25) is 4.79 Å². The van der Waals surface area contributed by atoms with E-state index in [0.29, 0.717) is 17.0 Å². The Morgan fingerprint density at radius 2 is 2.38 bits per heavy atom. The molecule has 16 heavy (non-hydrogen) atoms. The summed E-state index contributed by atoms with van der Waals surface area (Å²) in [7, 11) is 0. The highest BCUT2D eigenvalue weighted by Crippen LogP contribution is 2.24. The van der Waals surface area contributed by atoms with E-state index in [4.69, 9.17) is 10.4 Å². The number of carbonyl (C=O) groups is 1. The van der Waals surface area contributed by atoms with Gasteiger partial charge in [0.15, 0.2) is 0 Å². The molecule has 1 atom stereocenters. The van der Waals surface area contributed by atoms with Crippen molar-refractivity contribution in [3.8, 4) is 6.07 Å². The molecule has 1 aromatic rings. The van der Waals surface area contributed by atoms with Crippen molar-refractivity contribution >= 4 is 17.7 Å². The van der Waals surface area contributed by atoms with Crippen LogP contribution in [0.3, 0.4) is 0 Å². The lowest BCUT2D eigenvalue weighted by atomic mass is 10.2. The zero-order valence-electron chi connectivity index (χ0n) is 9.10. The molecule has 0 amide bonds. The van der Waals surface area contributed by atoms with Crippen LogP contribution in [0.4, 0.5) is 0 Å². The van der Waals surface area contributed by atoms with Crippen LogP contribution in [-0.4, -0.2) is 21.3 Å². The number of hydrogen-bond donors (Lipinski definition) is 1. The molecule has 1 rings (SSSR count). The molecule has 0 aliphatic carbocycles. The van der Waals surface area contributed by atoms with Gasteiger partial charge in [-0.15, -0.1) is 0 Å². The summed E-state index contributed by atoms with van der Waals surface area (Å²) in [4.78, 5) is 15.1. The Morgan fingerprint density at radius 1 is 1.69 bits per heavy atom. The number of carboxylic acids is 1. The van der Waals surface area contributed by atoms with E-state index in [-0.39, 0.29) is 0 Å². The standard InChI is InChI=1S/C11H12N2O2S/c1-3-9(11(14)15)16-10-5-8(6-12)4-7(2)13-10/h4-5,9H,3H2,1-2H3,(H,14,15). The Hall–Kier alpha value is -1.54. The number of hydrogen-bond acceptors (Lipinski definition) is 4. The summed E-state index contributed by atoms with van der Waals surface area (Å²) in [5, 5.41) is 17.8. The van der Waals surface area contributed by atoms with Gasteiger partial charge in [0.25, 0.3) is 0 Å². The number of aromatic nitrogens is 1. The molecule has 0 radical (unpaired) electrons. The van der Waals surface area contributed by atoms with Crippen molar-refractivity contribution < 1.29 is 9.90 Å². The van der Waals surface area contributed by atoms with E-state index < -0.39 is 11.2 Å². The van der Waals surface area contributed by atoms with E-state index in [1.54, 1.807) is 19.1 Å². The first-order valence-electron chi connectivity index (χ1n) is 4.85. The quantitative estimate of drug-likeness (QED) is 0.811. The van der Waals surface area contributed by atoms with Crippen LogP contribution in [-0.2, 0) is 4.79 Å². The fourth-order valence-corrected chi connectivity index (χ4v) is 2.17. The molecule has 0 aliphatic heterocycles. The maximum Gasteiger partial charge on any atom is 0.317 e. The van der Waals surface area contributed by atoms with Gasteiger partial charge in [0.2, 0.25) is 0 Å². The number of nitrogens with zero attached hydrogens (tertiary/aromatic N) is 2. The number of pyridine rings is 1. The van der Waals surface area contributed by atoms with E-state index in [9.17, 15) is 4.79 Å². The molecule has 4 nitrogen and oxygen atoms in total. The third kappa shape index (κ3) is 3.24. The molecule has 0 spiro atoms. The van der Waals surface area contributed by atoms with Crippen molar-refractivity contribution in [3.05, 3.63) is 23.4 Å². The van der Waals surface area contributed by atoms with Crippen LogP contribution in [0.15, 0.2) is 17.2 Å². The fourth-order valence-electron chi connectivity index (χ4n) is 1.22. The van der Waals surface area contributed by atoms with Crippen molar-refractivity contribution in [1.29, 1.82) is 5.26 Å². The lowest BCUT2D eigenvalue weighted by molar-refractivity contribution is -0.136. The third-order valence-electron chi connectivity index (χ3n) is 1.97. The van der Waals surface area contributed by atoms with Crippen LogP contribution in [0.1, 0.15) is 24.6 Å². The average Bonchev–Trinajstić information content (AvgIpc) is 2.24. The normalized spacial score (nSPS) is 11.8. The van der Waals surface area contributed by atoms with Crippen molar-refractivity contribution in [2.45, 2.75) is 30.5 Å². The summed E-state index contributed by atoms with van der Waals surface area (Å²) >= 11 is 1.18. The minimum absolute atomic E-state index is 0.509. The monoisotopic (exact) mass is 236 g/mol. The summed E-state index contributed by atoms with van der Waals surface area (Å²) in [6, 6.07) is 5.31. The van der Waals surface area contributed by atoms with Crippen LogP contribution in [0.25, 0.3) is 0 Å². The van der Waals surface area contributed by atoms with Gasteiger partial charge in [-0.25, -0.2) is 4.98 Å². The highest BCUT2D eigenvalue weighted by molar-refractivity contribution is 8.00. The second kappa shape index (κ2) is 5.52. The van der Waals surface area contributed by atoms with Crippen molar-refractivity contribution in [1.82, 2.24) is 4.98 Å². The molecule has 5 heteroatoms. The summed E-state index contributed by atoms with van der Waals surface area (Å²) in [6.45, 7) is 3.60. The van der Waals surface area contributed by atoms with E-state index in [1.807, 2.05) is 13.0 Å². The van der Waals surface area contributed by atoms with Gasteiger partial charge in [0, 0.05) is 5.69 Å². The lowest BCUT2D eigenvalue weighted by Gasteiger charge is -2.09. The molecule has 0 saturated heterocycles. The topological polar surface area (TPSA) is 74.0 Å². The van der Waals surface area contributed by atoms with Gasteiger partial charge >= 0.3 is 5.97 Å². The molecule has 1 heterocycles. The molecule has 1 N–H and O–H groups in total. The van der Waals surface area contributed by atoms with E-state index in [2.05, 4.69) is 4.98 Å². The number of carboxylic acid groups (broad SMARTS) is 1. The molecule has 0 bridgehead atoms. The Bertz CT molecular complexity index is 440. The molecule has 1 unspecified atom stereocenters. The second-order valence-electron chi connectivity index (χ2n) is 3.30. The van der Waals surface area contributed by atoms with E-state index >= 15 is 0 Å². The van der Waals surface area contributed by atoms with Crippen LogP contribution in [0.5, 0.6) is 0 Å². The van der Waals surface area contributed by atoms with Crippen LogP contribution < -0.4 is 0 Å². The van der Waals surface area contributed by atoms with E-state index in [0.717, 1.165) is 5.69 Å². The second-order valence-corrected chi connectivity index (χ2v) is 4.52. The highest BCUT2D eigenvalue weighted by Gasteiger charge is 2.17. The molecule has 0 fully saturated rings. The first kappa shape index (κ1) is 12.5. The van der Waals surface area contributed by atoms with Crippen LogP contribution >= 0.6 is 11.8 Å².